The second-order valence-corrected chi connectivity index (χ2v) is 5.26. The molecular formula is C15H19F3N2O. The summed E-state index contributed by atoms with van der Waals surface area (Å²) in [6.07, 6.45) is -2.90. The van der Waals surface area contributed by atoms with Crippen LogP contribution in [0.2, 0.25) is 0 Å². The number of anilines is 1. The first-order chi connectivity index (χ1) is 9.84. The van der Waals surface area contributed by atoms with Gasteiger partial charge in [-0.15, -0.1) is 0 Å². The molecule has 0 saturated carbocycles. The Morgan fingerprint density at radius 2 is 2.14 bits per heavy atom. The topological polar surface area (TPSA) is 32.3 Å². The lowest BCUT2D eigenvalue weighted by molar-refractivity contribution is -0.137. The predicted octanol–water partition coefficient (Wildman–Crippen LogP) is 2.98. The number of hydrogen-bond donors (Lipinski definition) is 1. The van der Waals surface area contributed by atoms with Crippen LogP contribution in [-0.2, 0) is 17.4 Å². The smallest absolute Gasteiger partial charge is 0.310 e. The zero-order chi connectivity index (χ0) is 15.6. The van der Waals surface area contributed by atoms with Crippen LogP contribution in [0.4, 0.5) is 18.9 Å². The lowest BCUT2D eigenvalue weighted by atomic mass is 10.1. The van der Waals surface area contributed by atoms with Gasteiger partial charge in [0.2, 0.25) is 5.91 Å². The highest BCUT2D eigenvalue weighted by Gasteiger charge is 2.34. The van der Waals surface area contributed by atoms with Gasteiger partial charge in [-0.25, -0.2) is 0 Å². The van der Waals surface area contributed by atoms with Gasteiger partial charge in [0, 0.05) is 12.2 Å². The van der Waals surface area contributed by atoms with Crippen molar-refractivity contribution in [3.05, 3.63) is 29.3 Å². The quantitative estimate of drug-likeness (QED) is 0.927. The number of rotatable bonds is 4. The first-order valence-electron chi connectivity index (χ1n) is 7.09. The Kier molecular flexibility index (Phi) is 4.56. The van der Waals surface area contributed by atoms with Crippen molar-refractivity contribution in [2.75, 3.05) is 18.0 Å². The van der Waals surface area contributed by atoms with Crippen LogP contribution in [0.3, 0.4) is 0 Å². The van der Waals surface area contributed by atoms with Crippen molar-refractivity contribution < 1.29 is 18.0 Å². The number of benzene rings is 1. The molecule has 3 nitrogen and oxygen atoms in total. The molecule has 1 heterocycles. The van der Waals surface area contributed by atoms with E-state index in [0.717, 1.165) is 24.1 Å². The van der Waals surface area contributed by atoms with Crippen LogP contribution < -0.4 is 10.2 Å². The molecule has 1 unspecified atom stereocenters. The van der Waals surface area contributed by atoms with Gasteiger partial charge in [-0.3, -0.25) is 4.79 Å². The zero-order valence-corrected chi connectivity index (χ0v) is 12.1. The molecule has 0 spiro atoms. The van der Waals surface area contributed by atoms with E-state index in [1.807, 2.05) is 6.92 Å². The SMILES string of the molecule is CCCNC(C)C(=O)N1CCc2ccc(C(F)(F)F)cc21. The maximum atomic E-state index is 12.8. The molecule has 6 heteroatoms. The van der Waals surface area contributed by atoms with E-state index >= 15 is 0 Å². The average molecular weight is 300 g/mol. The highest BCUT2D eigenvalue weighted by Crippen LogP contribution is 2.36. The number of carbonyl (C=O) groups is 1. The number of halogens is 3. The van der Waals surface area contributed by atoms with Gasteiger partial charge in [0.25, 0.3) is 0 Å². The molecule has 1 aromatic rings. The first kappa shape index (κ1) is 15.8. The molecule has 1 aliphatic rings. The van der Waals surface area contributed by atoms with Crippen LogP contribution in [0.5, 0.6) is 0 Å². The Bertz CT molecular complexity index is 528. The van der Waals surface area contributed by atoms with Crippen LogP contribution in [0.15, 0.2) is 18.2 Å². The third-order valence-electron chi connectivity index (χ3n) is 3.65. The second-order valence-electron chi connectivity index (χ2n) is 5.26. The van der Waals surface area contributed by atoms with E-state index in [4.69, 9.17) is 0 Å². The molecule has 0 radical (unpaired) electrons. The van der Waals surface area contributed by atoms with Gasteiger partial charge < -0.3 is 10.2 Å². The number of amides is 1. The fourth-order valence-corrected chi connectivity index (χ4v) is 2.47. The third kappa shape index (κ3) is 3.37. The predicted molar refractivity (Wildman–Crippen MR) is 75.3 cm³/mol. The van der Waals surface area contributed by atoms with Crippen LogP contribution in [-0.4, -0.2) is 25.0 Å². The molecule has 0 fully saturated rings. The van der Waals surface area contributed by atoms with Crippen molar-refractivity contribution >= 4 is 11.6 Å². The minimum Gasteiger partial charge on any atom is -0.310 e. The van der Waals surface area contributed by atoms with Gasteiger partial charge in [-0.1, -0.05) is 13.0 Å². The van der Waals surface area contributed by atoms with Crippen molar-refractivity contribution in [3.63, 3.8) is 0 Å². The normalized spacial score (nSPS) is 16.0. The summed E-state index contributed by atoms with van der Waals surface area (Å²) in [5.41, 5.74) is 0.467. The average Bonchev–Trinajstić information content (AvgIpc) is 2.85. The molecule has 0 bridgehead atoms. The molecule has 21 heavy (non-hydrogen) atoms. The third-order valence-corrected chi connectivity index (χ3v) is 3.65. The Labute approximate surface area is 122 Å². The van der Waals surface area contributed by atoms with E-state index < -0.39 is 17.8 Å². The Morgan fingerprint density at radius 3 is 2.76 bits per heavy atom. The molecule has 0 aromatic heterocycles. The van der Waals surface area contributed by atoms with Crippen LogP contribution in [0.25, 0.3) is 0 Å². The Morgan fingerprint density at radius 1 is 1.43 bits per heavy atom. The summed E-state index contributed by atoms with van der Waals surface area (Å²) in [5.74, 6) is -0.179. The van der Waals surface area contributed by atoms with Crippen LogP contribution in [0.1, 0.15) is 31.4 Å². The summed E-state index contributed by atoms with van der Waals surface area (Å²) >= 11 is 0. The van der Waals surface area contributed by atoms with Crippen LogP contribution in [0, 0.1) is 0 Å². The van der Waals surface area contributed by atoms with Crippen molar-refractivity contribution in [2.24, 2.45) is 0 Å². The number of alkyl halides is 3. The maximum absolute atomic E-state index is 12.8. The van der Waals surface area contributed by atoms with Crippen LogP contribution >= 0.6 is 0 Å². The van der Waals surface area contributed by atoms with Crippen molar-refractivity contribution in [1.82, 2.24) is 5.32 Å². The molecule has 1 N–H and O–H groups in total. The van der Waals surface area contributed by atoms with Gasteiger partial charge in [-0.2, -0.15) is 13.2 Å². The second kappa shape index (κ2) is 6.05. The van der Waals surface area contributed by atoms with Crippen molar-refractivity contribution in [3.8, 4) is 0 Å². The summed E-state index contributed by atoms with van der Waals surface area (Å²) in [5, 5.41) is 3.07. The molecule has 1 aromatic carbocycles. The molecule has 0 saturated heterocycles. The van der Waals surface area contributed by atoms with E-state index in [0.29, 0.717) is 25.2 Å². The summed E-state index contributed by atoms with van der Waals surface area (Å²) in [4.78, 5) is 13.8. The molecule has 1 aliphatic heterocycles. The lowest BCUT2D eigenvalue weighted by Gasteiger charge is -2.23. The van der Waals surface area contributed by atoms with Gasteiger partial charge in [0.1, 0.15) is 0 Å². The Hall–Kier alpha value is -1.56. The van der Waals surface area contributed by atoms with E-state index in [2.05, 4.69) is 5.32 Å². The van der Waals surface area contributed by atoms with E-state index in [-0.39, 0.29) is 5.91 Å². The molecule has 0 aliphatic carbocycles. The summed E-state index contributed by atoms with van der Waals surface area (Å²) in [6, 6.07) is 3.22. The summed E-state index contributed by atoms with van der Waals surface area (Å²) < 4.78 is 38.4. The standard InChI is InChI=1S/C15H19F3N2O/c1-3-7-19-10(2)14(21)20-8-6-11-4-5-12(9-13(11)20)15(16,17)18/h4-5,9-10,19H,3,6-8H2,1-2H3. The number of hydrogen-bond acceptors (Lipinski definition) is 2. The van der Waals surface area contributed by atoms with Gasteiger partial charge in [0.15, 0.2) is 0 Å². The minimum atomic E-state index is -4.39. The van der Waals surface area contributed by atoms with E-state index in [9.17, 15) is 18.0 Å². The largest absolute Gasteiger partial charge is 0.416 e. The van der Waals surface area contributed by atoms with Gasteiger partial charge >= 0.3 is 6.18 Å². The molecule has 1 amide bonds. The minimum absolute atomic E-state index is 0.179. The Balaban J connectivity index is 2.22. The fourth-order valence-electron chi connectivity index (χ4n) is 2.47. The number of nitrogens with zero attached hydrogens (tertiary/aromatic N) is 1. The molecule has 116 valence electrons. The number of fused-ring (bicyclic) bond motifs is 1. The highest BCUT2D eigenvalue weighted by molar-refractivity contribution is 5.98. The molecule has 2 rings (SSSR count). The van der Waals surface area contributed by atoms with Gasteiger partial charge in [-0.05, 0) is 44.0 Å². The van der Waals surface area contributed by atoms with Crippen molar-refractivity contribution in [1.29, 1.82) is 0 Å². The zero-order valence-electron chi connectivity index (χ0n) is 12.1. The molecular weight excluding hydrogens is 281 g/mol. The number of carbonyl (C=O) groups excluding carboxylic acids is 1. The summed E-state index contributed by atoms with van der Waals surface area (Å²) in [6.45, 7) is 4.87. The number of nitrogens with one attached hydrogen (secondary N) is 1. The fraction of sp³-hybridized carbons (Fsp3) is 0.533. The maximum Gasteiger partial charge on any atom is 0.416 e. The highest BCUT2D eigenvalue weighted by atomic mass is 19.4. The lowest BCUT2D eigenvalue weighted by Crippen LogP contribution is -2.44. The van der Waals surface area contributed by atoms with E-state index in [1.165, 1.54) is 11.0 Å². The van der Waals surface area contributed by atoms with E-state index in [1.54, 1.807) is 6.92 Å². The summed E-state index contributed by atoms with van der Waals surface area (Å²) in [7, 11) is 0. The molecule has 1 atom stereocenters. The van der Waals surface area contributed by atoms with Gasteiger partial charge in [0.05, 0.1) is 11.6 Å². The first-order valence-corrected chi connectivity index (χ1v) is 7.09. The monoisotopic (exact) mass is 300 g/mol. The van der Waals surface area contributed by atoms with Crippen molar-refractivity contribution in [2.45, 2.75) is 38.9 Å².